The van der Waals surface area contributed by atoms with E-state index >= 15 is 0 Å². The fraction of sp³-hybridized carbons (Fsp3) is 0.917. The number of esters is 1. The molecule has 0 bridgehead atoms. The lowest BCUT2D eigenvalue weighted by atomic mass is 9.80. The summed E-state index contributed by atoms with van der Waals surface area (Å²) < 4.78 is 4.83. The highest BCUT2D eigenvalue weighted by Crippen LogP contribution is 2.31. The van der Waals surface area contributed by atoms with Crippen LogP contribution in [0.2, 0.25) is 0 Å². The molecule has 0 rings (SSSR count). The van der Waals surface area contributed by atoms with Gasteiger partial charge in [-0.3, -0.25) is 4.79 Å². The van der Waals surface area contributed by atoms with Gasteiger partial charge in [0.2, 0.25) is 0 Å². The van der Waals surface area contributed by atoms with Crippen LogP contribution in [0.25, 0.3) is 0 Å². The van der Waals surface area contributed by atoms with Crippen LogP contribution in [-0.4, -0.2) is 19.6 Å². The zero-order valence-corrected chi connectivity index (χ0v) is 10.6. The molecule has 0 saturated heterocycles. The molecule has 1 unspecified atom stereocenters. The molecule has 0 amide bonds. The van der Waals surface area contributed by atoms with Gasteiger partial charge >= 0.3 is 5.97 Å². The molecular weight excluding hydrogens is 206 g/mol. The maximum Gasteiger partial charge on any atom is 0.311 e. The highest BCUT2D eigenvalue weighted by molar-refractivity contribution is 5.76. The van der Waals surface area contributed by atoms with Gasteiger partial charge in [0.1, 0.15) is 0 Å². The summed E-state index contributed by atoms with van der Waals surface area (Å²) in [5.74, 6) is -0.172. The number of rotatable bonds is 9. The predicted octanol–water partition coefficient (Wildman–Crippen LogP) is 3.29. The molecule has 4 heteroatoms. The third-order valence-corrected chi connectivity index (χ3v) is 2.99. The Morgan fingerprint density at radius 2 is 1.88 bits per heavy atom. The largest absolute Gasteiger partial charge is 0.469 e. The molecule has 0 fully saturated rings. The van der Waals surface area contributed by atoms with E-state index in [4.69, 9.17) is 4.74 Å². The first-order valence-electron chi connectivity index (χ1n) is 5.98. The van der Waals surface area contributed by atoms with Gasteiger partial charge < -0.3 is 4.74 Å². The van der Waals surface area contributed by atoms with E-state index in [1.807, 2.05) is 6.92 Å². The molecule has 94 valence electrons. The van der Waals surface area contributed by atoms with Crippen molar-refractivity contribution in [1.82, 2.24) is 0 Å². The van der Waals surface area contributed by atoms with E-state index < -0.39 is 5.41 Å². The minimum Gasteiger partial charge on any atom is -0.469 e. The van der Waals surface area contributed by atoms with E-state index in [1.165, 1.54) is 7.11 Å². The lowest BCUT2D eigenvalue weighted by Crippen LogP contribution is -2.29. The molecule has 0 radical (unpaired) electrons. The van der Waals surface area contributed by atoms with Crippen molar-refractivity contribution in [2.45, 2.75) is 52.4 Å². The lowest BCUT2D eigenvalue weighted by molar-refractivity contribution is -0.152. The third kappa shape index (κ3) is 5.24. The molecule has 0 aliphatic rings. The molecule has 0 aliphatic heterocycles. The summed E-state index contributed by atoms with van der Waals surface area (Å²) >= 11 is 0. The normalized spacial score (nSPS) is 14.2. The average Bonchev–Trinajstić information content (AvgIpc) is 2.28. The van der Waals surface area contributed by atoms with Crippen molar-refractivity contribution in [1.29, 1.82) is 0 Å². The van der Waals surface area contributed by atoms with Gasteiger partial charge in [-0.2, -0.15) is 4.91 Å². The average molecular weight is 229 g/mol. The Bertz CT molecular complexity index is 218. The number of unbranched alkanes of at least 4 members (excludes halogenated alkanes) is 2. The summed E-state index contributed by atoms with van der Waals surface area (Å²) in [4.78, 5) is 21.7. The Labute approximate surface area is 97.7 Å². The van der Waals surface area contributed by atoms with Gasteiger partial charge in [-0.15, -0.1) is 0 Å². The molecule has 1 atom stereocenters. The predicted molar refractivity (Wildman–Crippen MR) is 64.2 cm³/mol. The molecule has 0 heterocycles. The number of carbonyl (C=O) groups excluding carboxylic acids is 1. The van der Waals surface area contributed by atoms with Crippen LogP contribution in [0.4, 0.5) is 0 Å². The first-order valence-corrected chi connectivity index (χ1v) is 5.98. The van der Waals surface area contributed by atoms with E-state index in [0.717, 1.165) is 25.7 Å². The molecule has 0 spiro atoms. The van der Waals surface area contributed by atoms with Gasteiger partial charge in [-0.25, -0.2) is 0 Å². The molecule has 0 saturated carbocycles. The van der Waals surface area contributed by atoms with Crippen LogP contribution in [0.15, 0.2) is 5.18 Å². The topological polar surface area (TPSA) is 55.7 Å². The van der Waals surface area contributed by atoms with Gasteiger partial charge in [0.25, 0.3) is 0 Å². The molecule has 0 aromatic heterocycles. The van der Waals surface area contributed by atoms with Gasteiger partial charge in [0, 0.05) is 0 Å². The van der Waals surface area contributed by atoms with Crippen molar-refractivity contribution in [2.24, 2.45) is 10.6 Å². The van der Waals surface area contributed by atoms with E-state index in [0.29, 0.717) is 12.8 Å². The summed E-state index contributed by atoms with van der Waals surface area (Å²) in [5, 5.41) is 2.82. The zero-order chi connectivity index (χ0) is 12.4. The summed E-state index contributed by atoms with van der Waals surface area (Å²) in [5.41, 5.74) is -0.450. The Hall–Kier alpha value is -0.930. The molecule has 0 aromatic rings. The Morgan fingerprint density at radius 3 is 2.38 bits per heavy atom. The van der Waals surface area contributed by atoms with Crippen molar-refractivity contribution in [3.63, 3.8) is 0 Å². The van der Waals surface area contributed by atoms with Crippen LogP contribution >= 0.6 is 0 Å². The Morgan fingerprint density at radius 1 is 1.25 bits per heavy atom. The highest BCUT2D eigenvalue weighted by Gasteiger charge is 2.32. The number of nitrogens with zero attached hydrogens (tertiary/aromatic N) is 1. The number of hydrogen-bond donors (Lipinski definition) is 0. The maximum absolute atomic E-state index is 11.7. The number of methoxy groups -OCH3 is 1. The van der Waals surface area contributed by atoms with Gasteiger partial charge in [0.15, 0.2) is 0 Å². The van der Waals surface area contributed by atoms with E-state index in [1.54, 1.807) is 0 Å². The van der Waals surface area contributed by atoms with Crippen molar-refractivity contribution in [3.8, 4) is 0 Å². The molecule has 0 aromatic carbocycles. The lowest BCUT2D eigenvalue weighted by Gasteiger charge is -2.26. The smallest absolute Gasteiger partial charge is 0.311 e. The van der Waals surface area contributed by atoms with Crippen molar-refractivity contribution < 1.29 is 9.53 Å². The molecule has 16 heavy (non-hydrogen) atoms. The maximum atomic E-state index is 11.7. The van der Waals surface area contributed by atoms with Crippen molar-refractivity contribution in [3.05, 3.63) is 4.91 Å². The molecule has 0 aliphatic carbocycles. The summed E-state index contributed by atoms with van der Waals surface area (Å²) in [6, 6.07) is 0. The SMILES string of the molecule is CCCCCC(C)(CCCN=O)C(=O)OC. The number of nitroso groups, excluding NO2 is 1. The summed E-state index contributed by atoms with van der Waals surface area (Å²) in [7, 11) is 1.42. The zero-order valence-electron chi connectivity index (χ0n) is 10.6. The summed E-state index contributed by atoms with van der Waals surface area (Å²) in [6.07, 6.45) is 5.44. The Kier molecular flexibility index (Phi) is 7.77. The molecule has 4 nitrogen and oxygen atoms in total. The van der Waals surface area contributed by atoms with Gasteiger partial charge in [-0.05, 0) is 26.2 Å². The molecule has 0 N–H and O–H groups in total. The minimum absolute atomic E-state index is 0.172. The Balaban J connectivity index is 4.23. The van der Waals surface area contributed by atoms with Crippen LogP contribution in [-0.2, 0) is 9.53 Å². The number of hydrogen-bond acceptors (Lipinski definition) is 4. The van der Waals surface area contributed by atoms with E-state index in [9.17, 15) is 9.70 Å². The first kappa shape index (κ1) is 15.1. The standard InChI is InChI=1S/C12H23NO3/c1-4-5-6-8-12(2,11(14)16-3)9-7-10-13-15/h4-10H2,1-3H3. The van der Waals surface area contributed by atoms with Gasteiger partial charge in [0.05, 0.1) is 19.1 Å². The van der Waals surface area contributed by atoms with Crippen molar-refractivity contribution in [2.75, 3.05) is 13.7 Å². The monoisotopic (exact) mass is 229 g/mol. The summed E-state index contributed by atoms with van der Waals surface area (Å²) in [6.45, 7) is 4.32. The molecular formula is C12H23NO3. The van der Waals surface area contributed by atoms with Crippen LogP contribution in [0.5, 0.6) is 0 Å². The van der Waals surface area contributed by atoms with E-state index in [-0.39, 0.29) is 12.5 Å². The second-order valence-electron chi connectivity index (χ2n) is 4.47. The van der Waals surface area contributed by atoms with Crippen LogP contribution in [0.1, 0.15) is 52.4 Å². The fourth-order valence-corrected chi connectivity index (χ4v) is 1.87. The highest BCUT2D eigenvalue weighted by atomic mass is 16.5. The fourth-order valence-electron chi connectivity index (χ4n) is 1.87. The third-order valence-electron chi connectivity index (χ3n) is 2.99. The number of carbonyl (C=O) groups is 1. The van der Waals surface area contributed by atoms with Crippen LogP contribution in [0, 0.1) is 10.3 Å². The second kappa shape index (κ2) is 8.25. The number of ether oxygens (including phenoxy) is 1. The minimum atomic E-state index is -0.450. The van der Waals surface area contributed by atoms with Crippen LogP contribution in [0.3, 0.4) is 0 Å². The quantitative estimate of drug-likeness (QED) is 0.346. The first-order chi connectivity index (χ1) is 7.60. The van der Waals surface area contributed by atoms with Crippen molar-refractivity contribution >= 4 is 5.97 Å². The van der Waals surface area contributed by atoms with Crippen LogP contribution < -0.4 is 0 Å². The second-order valence-corrected chi connectivity index (χ2v) is 4.47. The van der Waals surface area contributed by atoms with Gasteiger partial charge in [-0.1, -0.05) is 31.4 Å². The van der Waals surface area contributed by atoms with E-state index in [2.05, 4.69) is 12.1 Å².